The van der Waals surface area contributed by atoms with Gasteiger partial charge in [0.05, 0.1) is 12.2 Å². The quantitative estimate of drug-likeness (QED) is 0.752. The van der Waals surface area contributed by atoms with E-state index in [1.807, 2.05) is 40.9 Å². The van der Waals surface area contributed by atoms with Crippen LogP contribution in [0.2, 0.25) is 0 Å². The maximum Gasteiger partial charge on any atom is 0.271 e. The molecule has 9 nitrogen and oxygen atoms in total. The lowest BCUT2D eigenvalue weighted by Crippen LogP contribution is -2.48. The molecule has 26 heavy (non-hydrogen) atoms. The van der Waals surface area contributed by atoms with Crippen LogP contribution in [0.15, 0.2) is 28.9 Å². The minimum Gasteiger partial charge on any atom is -0.349 e. The lowest BCUT2D eigenvalue weighted by Gasteiger charge is -2.33. The zero-order valence-corrected chi connectivity index (χ0v) is 14.8. The Morgan fingerprint density at radius 2 is 2.12 bits per heavy atom. The number of piperazine rings is 1. The van der Waals surface area contributed by atoms with E-state index in [9.17, 15) is 4.79 Å². The highest BCUT2D eigenvalue weighted by atomic mass is 16.5. The molecule has 0 atom stereocenters. The van der Waals surface area contributed by atoms with Crippen LogP contribution in [0.5, 0.6) is 0 Å². The summed E-state index contributed by atoms with van der Waals surface area (Å²) in [6.07, 6.45) is 1.95. The van der Waals surface area contributed by atoms with Crippen LogP contribution in [0.1, 0.15) is 22.2 Å². The molecule has 136 valence electrons. The van der Waals surface area contributed by atoms with E-state index >= 15 is 0 Å². The van der Waals surface area contributed by atoms with Crippen LogP contribution in [-0.2, 0) is 13.6 Å². The summed E-state index contributed by atoms with van der Waals surface area (Å²) in [6, 6.07) is 5.74. The maximum atomic E-state index is 12.7. The van der Waals surface area contributed by atoms with Gasteiger partial charge in [-0.1, -0.05) is 5.16 Å². The van der Waals surface area contributed by atoms with Crippen LogP contribution in [0.3, 0.4) is 0 Å². The number of nitrogens with zero attached hydrogens (tertiary/aromatic N) is 6. The van der Waals surface area contributed by atoms with Crippen LogP contribution in [-0.4, -0.2) is 66.8 Å². The lowest BCUT2D eigenvalue weighted by atomic mass is 10.2. The molecular weight excluding hydrogens is 334 g/mol. The van der Waals surface area contributed by atoms with Gasteiger partial charge in [0.1, 0.15) is 11.4 Å². The van der Waals surface area contributed by atoms with Gasteiger partial charge in [-0.15, -0.1) is 0 Å². The molecule has 1 amide bonds. The first-order valence-corrected chi connectivity index (χ1v) is 8.58. The largest absolute Gasteiger partial charge is 0.349 e. The maximum absolute atomic E-state index is 12.7. The van der Waals surface area contributed by atoms with Gasteiger partial charge in [0.2, 0.25) is 5.89 Å². The second kappa shape index (κ2) is 6.75. The van der Waals surface area contributed by atoms with Crippen molar-refractivity contribution in [2.24, 2.45) is 7.05 Å². The third-order valence-corrected chi connectivity index (χ3v) is 4.61. The first kappa shape index (κ1) is 16.5. The predicted octanol–water partition coefficient (Wildman–Crippen LogP) is 1.06. The Bertz CT molecular complexity index is 902. The Kier molecular flexibility index (Phi) is 4.29. The summed E-state index contributed by atoms with van der Waals surface area (Å²) in [5, 5.41) is 11.1. The van der Waals surface area contributed by atoms with E-state index in [4.69, 9.17) is 4.52 Å². The van der Waals surface area contributed by atoms with Crippen LogP contribution < -0.4 is 0 Å². The third kappa shape index (κ3) is 3.25. The summed E-state index contributed by atoms with van der Waals surface area (Å²) >= 11 is 0. The van der Waals surface area contributed by atoms with Crippen LogP contribution in [0.25, 0.3) is 11.4 Å². The van der Waals surface area contributed by atoms with Crippen LogP contribution >= 0.6 is 0 Å². The standard InChI is InChI=1S/C17H21N7O2/c1-12-18-16(21-26-12)11-23-6-8-24(9-7-23)17(25)14-10-13(19-20-14)15-4-3-5-22(15)2/h3-5,10H,6-9,11H2,1-2H3,(H,19,20). The second-order valence-electron chi connectivity index (χ2n) is 6.47. The van der Waals surface area contributed by atoms with Gasteiger partial charge in [-0.2, -0.15) is 10.1 Å². The molecule has 1 fully saturated rings. The number of aryl methyl sites for hydroxylation is 2. The summed E-state index contributed by atoms with van der Waals surface area (Å²) in [6.45, 7) is 5.29. The lowest BCUT2D eigenvalue weighted by molar-refractivity contribution is 0.0618. The molecule has 0 unspecified atom stereocenters. The number of hydrogen-bond donors (Lipinski definition) is 1. The van der Waals surface area contributed by atoms with E-state index in [1.165, 1.54) is 0 Å². The summed E-state index contributed by atoms with van der Waals surface area (Å²) in [5.74, 6) is 1.23. The highest BCUT2D eigenvalue weighted by molar-refractivity contribution is 5.93. The average molecular weight is 355 g/mol. The molecule has 0 aliphatic carbocycles. The third-order valence-electron chi connectivity index (χ3n) is 4.61. The highest BCUT2D eigenvalue weighted by Crippen LogP contribution is 2.18. The molecule has 1 saturated heterocycles. The van der Waals surface area contributed by atoms with Gasteiger partial charge in [-0.3, -0.25) is 14.8 Å². The Labute approximate surface area is 150 Å². The van der Waals surface area contributed by atoms with Crippen LogP contribution in [0, 0.1) is 6.92 Å². The molecule has 0 saturated carbocycles. The molecule has 1 N–H and O–H groups in total. The average Bonchev–Trinajstić information content (AvgIpc) is 3.36. The number of carbonyl (C=O) groups excluding carboxylic acids is 1. The number of rotatable bonds is 4. The SMILES string of the molecule is Cc1nc(CN2CCN(C(=O)c3cc(-c4cccn4C)n[nH]3)CC2)no1. The van der Waals surface area contributed by atoms with Crippen molar-refractivity contribution in [1.82, 2.24) is 34.7 Å². The number of amides is 1. The Morgan fingerprint density at radius 3 is 2.77 bits per heavy atom. The van der Waals surface area contributed by atoms with E-state index in [1.54, 1.807) is 6.92 Å². The summed E-state index contributed by atoms with van der Waals surface area (Å²) in [5.41, 5.74) is 2.26. The molecule has 4 heterocycles. The van der Waals surface area contributed by atoms with Gasteiger partial charge in [0.15, 0.2) is 5.82 Å². The predicted molar refractivity (Wildman–Crippen MR) is 93.2 cm³/mol. The summed E-state index contributed by atoms with van der Waals surface area (Å²) in [7, 11) is 1.95. The number of aromatic nitrogens is 5. The molecule has 1 aliphatic rings. The fourth-order valence-electron chi connectivity index (χ4n) is 3.17. The summed E-state index contributed by atoms with van der Waals surface area (Å²) < 4.78 is 6.97. The molecular formula is C17H21N7O2. The zero-order valence-electron chi connectivity index (χ0n) is 14.8. The molecule has 9 heteroatoms. The van der Waals surface area contributed by atoms with E-state index in [0.29, 0.717) is 37.0 Å². The molecule has 0 bridgehead atoms. The van der Waals surface area contributed by atoms with Crippen molar-refractivity contribution in [3.05, 3.63) is 41.8 Å². The minimum absolute atomic E-state index is 0.0204. The van der Waals surface area contributed by atoms with E-state index in [2.05, 4.69) is 25.2 Å². The van der Waals surface area contributed by atoms with Crippen LogP contribution in [0.4, 0.5) is 0 Å². The molecule has 0 aromatic carbocycles. The number of carbonyl (C=O) groups is 1. The van der Waals surface area contributed by atoms with Gasteiger partial charge in [0, 0.05) is 46.3 Å². The van der Waals surface area contributed by atoms with Crippen molar-refractivity contribution in [3.63, 3.8) is 0 Å². The Balaban J connectivity index is 1.36. The van der Waals surface area contributed by atoms with Gasteiger partial charge in [-0.05, 0) is 18.2 Å². The topological polar surface area (TPSA) is 96.1 Å². The molecule has 3 aromatic heterocycles. The van der Waals surface area contributed by atoms with Crippen molar-refractivity contribution in [2.75, 3.05) is 26.2 Å². The van der Waals surface area contributed by atoms with E-state index < -0.39 is 0 Å². The van der Waals surface area contributed by atoms with Crippen molar-refractivity contribution >= 4 is 5.91 Å². The Morgan fingerprint density at radius 1 is 1.31 bits per heavy atom. The number of nitrogens with one attached hydrogen (secondary N) is 1. The first-order chi connectivity index (χ1) is 12.6. The van der Waals surface area contributed by atoms with Crippen molar-refractivity contribution < 1.29 is 9.32 Å². The fraction of sp³-hybridized carbons (Fsp3) is 0.412. The molecule has 4 rings (SSSR count). The van der Waals surface area contributed by atoms with Crippen molar-refractivity contribution in [2.45, 2.75) is 13.5 Å². The minimum atomic E-state index is -0.0204. The summed E-state index contributed by atoms with van der Waals surface area (Å²) in [4.78, 5) is 21.0. The number of aromatic amines is 1. The first-order valence-electron chi connectivity index (χ1n) is 8.58. The van der Waals surface area contributed by atoms with Gasteiger partial charge in [0.25, 0.3) is 5.91 Å². The van der Waals surface area contributed by atoms with Crippen molar-refractivity contribution in [1.29, 1.82) is 0 Å². The van der Waals surface area contributed by atoms with Gasteiger partial charge >= 0.3 is 0 Å². The second-order valence-corrected chi connectivity index (χ2v) is 6.47. The van der Waals surface area contributed by atoms with Gasteiger partial charge in [-0.25, -0.2) is 0 Å². The fourth-order valence-corrected chi connectivity index (χ4v) is 3.17. The van der Waals surface area contributed by atoms with E-state index in [-0.39, 0.29) is 5.91 Å². The van der Waals surface area contributed by atoms with Gasteiger partial charge < -0.3 is 14.0 Å². The smallest absolute Gasteiger partial charge is 0.271 e. The molecule has 3 aromatic rings. The molecule has 1 aliphatic heterocycles. The Hall–Kier alpha value is -2.94. The number of hydrogen-bond acceptors (Lipinski definition) is 6. The molecule has 0 spiro atoms. The monoisotopic (exact) mass is 355 g/mol. The normalized spacial score (nSPS) is 15.5. The molecule has 0 radical (unpaired) electrons. The van der Waals surface area contributed by atoms with E-state index in [0.717, 1.165) is 24.5 Å². The number of H-pyrrole nitrogens is 1. The highest BCUT2D eigenvalue weighted by Gasteiger charge is 2.24. The zero-order chi connectivity index (χ0) is 18.1. The van der Waals surface area contributed by atoms with Crippen molar-refractivity contribution in [3.8, 4) is 11.4 Å².